The summed E-state index contributed by atoms with van der Waals surface area (Å²) in [5.74, 6) is 0.543. The summed E-state index contributed by atoms with van der Waals surface area (Å²) < 4.78 is 4.92. The highest BCUT2D eigenvalue weighted by Gasteiger charge is 2.28. The highest BCUT2D eigenvalue weighted by Crippen LogP contribution is 2.03. The number of carbonyl (C=O) groups is 3. The zero-order valence-corrected chi connectivity index (χ0v) is 19.4. The van der Waals surface area contributed by atoms with Crippen LogP contribution in [0.2, 0.25) is 0 Å². The molecule has 3 N–H and O–H groups in total. The van der Waals surface area contributed by atoms with Crippen LogP contribution in [0.4, 0.5) is 4.79 Å². The summed E-state index contributed by atoms with van der Waals surface area (Å²) >= 11 is 0. The molecule has 0 bridgehead atoms. The third kappa shape index (κ3) is 8.30. The molecule has 4 amide bonds. The van der Waals surface area contributed by atoms with Gasteiger partial charge in [-0.15, -0.1) is 24.0 Å². The lowest BCUT2D eigenvalue weighted by Crippen LogP contribution is -2.54. The van der Waals surface area contributed by atoms with Crippen molar-refractivity contribution in [1.29, 1.82) is 0 Å². The maximum absolute atomic E-state index is 11.9. The van der Waals surface area contributed by atoms with E-state index in [1.807, 2.05) is 6.92 Å². The fraction of sp³-hybridized carbons (Fsp3) is 0.765. The van der Waals surface area contributed by atoms with Gasteiger partial charge in [0.15, 0.2) is 5.96 Å². The van der Waals surface area contributed by atoms with Crippen LogP contribution in [0.1, 0.15) is 6.92 Å². The van der Waals surface area contributed by atoms with Gasteiger partial charge in [0.2, 0.25) is 11.8 Å². The average molecular weight is 525 g/mol. The standard InChI is InChI=1S/C17H31N7O4.HI/c1-3-18-16(20-4-6-24-15(26)12-21-17(24)27)23-9-7-22(8-10-23)13-14(25)19-5-11-28-2;/h3-13H2,1-2H3,(H,18,20)(H,19,25)(H,21,27);1H. The van der Waals surface area contributed by atoms with Crippen molar-refractivity contribution in [2.45, 2.75) is 6.92 Å². The van der Waals surface area contributed by atoms with E-state index in [0.717, 1.165) is 38.7 Å². The number of rotatable bonds is 9. The molecular formula is C17H32IN7O4. The molecule has 0 aromatic carbocycles. The van der Waals surface area contributed by atoms with E-state index in [1.54, 1.807) is 7.11 Å². The van der Waals surface area contributed by atoms with Gasteiger partial charge in [-0.3, -0.25) is 24.4 Å². The number of piperazine rings is 1. The maximum Gasteiger partial charge on any atom is 0.324 e. The number of hydrogen-bond donors (Lipinski definition) is 3. The number of hydrogen-bond acceptors (Lipinski definition) is 6. The minimum absolute atomic E-state index is 0. The van der Waals surface area contributed by atoms with E-state index in [4.69, 9.17) is 4.74 Å². The molecule has 0 spiro atoms. The molecule has 11 nitrogen and oxygen atoms in total. The Morgan fingerprint density at radius 2 is 1.93 bits per heavy atom. The van der Waals surface area contributed by atoms with Crippen LogP contribution in [0.15, 0.2) is 4.99 Å². The first-order valence-corrected chi connectivity index (χ1v) is 9.64. The van der Waals surface area contributed by atoms with Crippen LogP contribution in [0.3, 0.4) is 0 Å². The van der Waals surface area contributed by atoms with Crippen molar-refractivity contribution in [3.63, 3.8) is 0 Å². The molecular weight excluding hydrogens is 493 g/mol. The molecule has 12 heteroatoms. The Bertz CT molecular complexity index is 566. The summed E-state index contributed by atoms with van der Waals surface area (Å²) in [4.78, 5) is 45.1. The second-order valence-corrected chi connectivity index (χ2v) is 6.55. The topological polar surface area (TPSA) is 119 Å². The van der Waals surface area contributed by atoms with Crippen LogP contribution in [0.5, 0.6) is 0 Å². The van der Waals surface area contributed by atoms with Crippen molar-refractivity contribution in [2.24, 2.45) is 4.99 Å². The van der Waals surface area contributed by atoms with Crippen LogP contribution >= 0.6 is 24.0 Å². The van der Waals surface area contributed by atoms with Crippen molar-refractivity contribution < 1.29 is 19.1 Å². The summed E-state index contributed by atoms with van der Waals surface area (Å²) in [5.41, 5.74) is 0. The highest BCUT2D eigenvalue weighted by molar-refractivity contribution is 14.0. The SMILES string of the molecule is CCNC(=NCCN1C(=O)CNC1=O)N1CCN(CC(=O)NCCOC)CC1.I. The van der Waals surface area contributed by atoms with Gasteiger partial charge in [0.25, 0.3) is 0 Å². The van der Waals surface area contributed by atoms with Crippen LogP contribution < -0.4 is 16.0 Å². The lowest BCUT2D eigenvalue weighted by Gasteiger charge is -2.36. The van der Waals surface area contributed by atoms with Gasteiger partial charge in [0.05, 0.1) is 32.8 Å². The zero-order valence-electron chi connectivity index (χ0n) is 17.1. The number of nitrogens with zero attached hydrogens (tertiary/aromatic N) is 4. The van der Waals surface area contributed by atoms with Crippen LogP contribution in [0.25, 0.3) is 0 Å². The molecule has 2 heterocycles. The zero-order chi connectivity index (χ0) is 20.4. The van der Waals surface area contributed by atoms with Crippen LogP contribution in [-0.4, -0.2) is 118 Å². The monoisotopic (exact) mass is 525 g/mol. The summed E-state index contributed by atoms with van der Waals surface area (Å²) in [6, 6.07) is -0.359. The van der Waals surface area contributed by atoms with Gasteiger partial charge in [-0.25, -0.2) is 4.79 Å². The molecule has 0 aromatic heterocycles. The molecule has 2 rings (SSSR count). The van der Waals surface area contributed by atoms with Gasteiger partial charge in [-0.2, -0.15) is 0 Å². The summed E-state index contributed by atoms with van der Waals surface area (Å²) in [6.45, 7) is 7.81. The Balaban J connectivity index is 0.00000420. The van der Waals surface area contributed by atoms with Gasteiger partial charge in [0.1, 0.15) is 0 Å². The van der Waals surface area contributed by atoms with Crippen LogP contribution in [-0.2, 0) is 14.3 Å². The highest BCUT2D eigenvalue weighted by atomic mass is 127. The third-order valence-corrected chi connectivity index (χ3v) is 4.52. The molecule has 2 saturated heterocycles. The smallest absolute Gasteiger partial charge is 0.324 e. The predicted octanol–water partition coefficient (Wildman–Crippen LogP) is -1.50. The average Bonchev–Trinajstić information content (AvgIpc) is 3.00. The largest absolute Gasteiger partial charge is 0.383 e. The van der Waals surface area contributed by atoms with Crippen molar-refractivity contribution in [3.05, 3.63) is 0 Å². The first kappa shape index (κ1) is 25.4. The predicted molar refractivity (Wildman–Crippen MR) is 119 cm³/mol. The Kier molecular flexibility index (Phi) is 11.8. The van der Waals surface area contributed by atoms with Gasteiger partial charge in [-0.1, -0.05) is 0 Å². The van der Waals surface area contributed by atoms with E-state index >= 15 is 0 Å². The van der Waals surface area contributed by atoms with E-state index in [2.05, 4.69) is 30.7 Å². The Hall–Kier alpha value is -1.67. The minimum atomic E-state index is -0.359. The fourth-order valence-electron chi connectivity index (χ4n) is 3.03. The first-order chi connectivity index (χ1) is 13.5. The number of guanidine groups is 1. The number of imide groups is 1. The number of carbonyl (C=O) groups excluding carboxylic acids is 3. The molecule has 2 aliphatic heterocycles. The molecule has 0 radical (unpaired) electrons. The van der Waals surface area contributed by atoms with Crippen molar-refractivity contribution >= 4 is 47.8 Å². The molecule has 0 aliphatic carbocycles. The number of aliphatic imine (C=N–C) groups is 1. The van der Waals surface area contributed by atoms with E-state index < -0.39 is 0 Å². The summed E-state index contributed by atoms with van der Waals surface area (Å²) in [6.07, 6.45) is 0. The van der Waals surface area contributed by atoms with E-state index in [-0.39, 0.29) is 54.9 Å². The van der Waals surface area contributed by atoms with E-state index in [9.17, 15) is 14.4 Å². The second-order valence-electron chi connectivity index (χ2n) is 6.55. The van der Waals surface area contributed by atoms with E-state index in [1.165, 1.54) is 4.90 Å². The minimum Gasteiger partial charge on any atom is -0.383 e. The molecule has 29 heavy (non-hydrogen) atoms. The van der Waals surface area contributed by atoms with E-state index in [0.29, 0.717) is 26.2 Å². The quantitative estimate of drug-likeness (QED) is 0.110. The second kappa shape index (κ2) is 13.5. The lowest BCUT2D eigenvalue weighted by atomic mass is 10.3. The molecule has 0 aromatic rings. The Morgan fingerprint density at radius 3 is 2.52 bits per heavy atom. The number of amides is 4. The fourth-order valence-corrected chi connectivity index (χ4v) is 3.03. The molecule has 166 valence electrons. The molecule has 2 aliphatic rings. The normalized spacial score (nSPS) is 17.8. The van der Waals surface area contributed by atoms with Gasteiger partial charge >= 0.3 is 6.03 Å². The Labute approximate surface area is 188 Å². The Morgan fingerprint density at radius 1 is 1.21 bits per heavy atom. The number of urea groups is 1. The van der Waals surface area contributed by atoms with Crippen LogP contribution in [0, 0.1) is 0 Å². The van der Waals surface area contributed by atoms with Crippen molar-refractivity contribution in [3.8, 4) is 0 Å². The van der Waals surface area contributed by atoms with Crippen molar-refractivity contribution in [1.82, 2.24) is 30.7 Å². The number of ether oxygens (including phenoxy) is 1. The molecule has 2 fully saturated rings. The first-order valence-electron chi connectivity index (χ1n) is 9.64. The summed E-state index contributed by atoms with van der Waals surface area (Å²) in [5, 5.41) is 8.58. The number of halogens is 1. The number of methoxy groups -OCH3 is 1. The van der Waals surface area contributed by atoms with Gasteiger partial charge < -0.3 is 25.6 Å². The lowest BCUT2D eigenvalue weighted by molar-refractivity contribution is -0.125. The molecule has 0 atom stereocenters. The van der Waals surface area contributed by atoms with Gasteiger partial charge in [-0.05, 0) is 6.92 Å². The number of nitrogens with one attached hydrogen (secondary N) is 3. The molecule has 0 saturated carbocycles. The van der Waals surface area contributed by atoms with Crippen molar-refractivity contribution in [2.75, 3.05) is 79.2 Å². The maximum atomic E-state index is 11.9. The summed E-state index contributed by atoms with van der Waals surface area (Å²) in [7, 11) is 1.60. The molecule has 0 unspecified atom stereocenters. The van der Waals surface area contributed by atoms with Gasteiger partial charge in [0, 0.05) is 46.4 Å². The third-order valence-electron chi connectivity index (χ3n) is 4.52.